The fraction of sp³-hybridized carbons (Fsp3) is 0.700. The van der Waals surface area contributed by atoms with E-state index in [2.05, 4.69) is 10.4 Å². The summed E-state index contributed by atoms with van der Waals surface area (Å²) in [5.41, 5.74) is -0.834. The molecular weight excluding hydrogens is 224 g/mol. The summed E-state index contributed by atoms with van der Waals surface area (Å²) in [7, 11) is 4.60. The summed E-state index contributed by atoms with van der Waals surface area (Å²) >= 11 is 0. The van der Waals surface area contributed by atoms with E-state index in [0.29, 0.717) is 13.2 Å². The maximum Gasteiger partial charge on any atom is 0.346 e. The SMILES string of the molecule is COCCCCNc1nn(C)c(=O)n(C)c1=O. The molecule has 0 saturated carbocycles. The molecule has 0 saturated heterocycles. The number of methoxy groups -OCH3 is 1. The van der Waals surface area contributed by atoms with Crippen LogP contribution < -0.4 is 16.6 Å². The molecule has 0 aliphatic rings. The van der Waals surface area contributed by atoms with Gasteiger partial charge in [0, 0.05) is 34.4 Å². The fourth-order valence-electron chi connectivity index (χ4n) is 1.39. The van der Waals surface area contributed by atoms with Crippen molar-refractivity contribution in [1.29, 1.82) is 0 Å². The van der Waals surface area contributed by atoms with Gasteiger partial charge in [-0.3, -0.25) is 9.36 Å². The first-order valence-electron chi connectivity index (χ1n) is 5.45. The number of rotatable bonds is 6. The van der Waals surface area contributed by atoms with Crippen LogP contribution in [0.25, 0.3) is 0 Å². The molecule has 1 rings (SSSR count). The van der Waals surface area contributed by atoms with Crippen LogP contribution in [0.3, 0.4) is 0 Å². The van der Waals surface area contributed by atoms with Crippen LogP contribution in [0.4, 0.5) is 5.82 Å². The molecule has 0 radical (unpaired) electrons. The summed E-state index contributed by atoms with van der Waals surface area (Å²) in [5, 5.41) is 6.80. The lowest BCUT2D eigenvalue weighted by molar-refractivity contribution is 0.193. The number of hydrogen-bond acceptors (Lipinski definition) is 5. The average molecular weight is 242 g/mol. The first-order chi connectivity index (χ1) is 8.07. The standard InChI is InChI=1S/C10H18N4O3/c1-13-9(15)8(12-14(2)10(13)16)11-6-4-5-7-17-3/h4-7H2,1-3H3,(H,11,12). The number of unbranched alkanes of at least 4 members (excludes halogenated alkanes) is 1. The van der Waals surface area contributed by atoms with Crippen LogP contribution in [-0.4, -0.2) is 34.6 Å². The summed E-state index contributed by atoms with van der Waals surface area (Å²) < 4.78 is 7.09. The zero-order chi connectivity index (χ0) is 12.8. The van der Waals surface area contributed by atoms with Gasteiger partial charge in [-0.15, -0.1) is 5.10 Å². The normalized spacial score (nSPS) is 10.5. The number of aryl methyl sites for hydroxylation is 1. The van der Waals surface area contributed by atoms with Gasteiger partial charge in [0.15, 0.2) is 0 Å². The summed E-state index contributed by atoms with van der Waals surface area (Å²) in [4.78, 5) is 23.0. The van der Waals surface area contributed by atoms with Crippen molar-refractivity contribution in [3.05, 3.63) is 20.8 Å². The van der Waals surface area contributed by atoms with Gasteiger partial charge in [-0.25, -0.2) is 9.48 Å². The largest absolute Gasteiger partial charge is 0.385 e. The lowest BCUT2D eigenvalue weighted by atomic mass is 10.3. The van der Waals surface area contributed by atoms with Crippen molar-refractivity contribution in [2.24, 2.45) is 14.1 Å². The van der Waals surface area contributed by atoms with Gasteiger partial charge in [0.2, 0.25) is 5.82 Å². The van der Waals surface area contributed by atoms with Gasteiger partial charge in [-0.1, -0.05) is 0 Å². The number of hydrogen-bond donors (Lipinski definition) is 1. The van der Waals surface area contributed by atoms with Gasteiger partial charge >= 0.3 is 5.69 Å². The lowest BCUT2D eigenvalue weighted by Gasteiger charge is -2.07. The third-order valence-electron chi connectivity index (χ3n) is 2.39. The summed E-state index contributed by atoms with van der Waals surface area (Å²) in [6.07, 6.45) is 1.79. The third-order valence-corrected chi connectivity index (χ3v) is 2.39. The van der Waals surface area contributed by atoms with Crippen molar-refractivity contribution in [3.63, 3.8) is 0 Å². The van der Waals surface area contributed by atoms with E-state index in [9.17, 15) is 9.59 Å². The predicted octanol–water partition coefficient (Wildman–Crippen LogP) is -0.682. The van der Waals surface area contributed by atoms with Gasteiger partial charge in [-0.2, -0.15) is 0 Å². The lowest BCUT2D eigenvalue weighted by Crippen LogP contribution is -2.40. The molecule has 1 heterocycles. The molecule has 0 aliphatic carbocycles. The molecule has 0 aromatic carbocycles. The Morgan fingerprint density at radius 2 is 2.00 bits per heavy atom. The molecule has 0 atom stereocenters. The molecule has 0 spiro atoms. The van der Waals surface area contributed by atoms with Crippen molar-refractivity contribution in [1.82, 2.24) is 14.3 Å². The molecule has 7 nitrogen and oxygen atoms in total. The molecule has 0 aliphatic heterocycles. The molecule has 0 fully saturated rings. The van der Waals surface area contributed by atoms with E-state index in [0.717, 1.165) is 22.1 Å². The minimum Gasteiger partial charge on any atom is -0.385 e. The number of anilines is 1. The average Bonchev–Trinajstić information content (AvgIpc) is 2.32. The highest BCUT2D eigenvalue weighted by Gasteiger charge is 2.07. The van der Waals surface area contributed by atoms with Crippen molar-refractivity contribution < 1.29 is 4.74 Å². The highest BCUT2D eigenvalue weighted by Crippen LogP contribution is 1.93. The zero-order valence-electron chi connectivity index (χ0n) is 10.4. The van der Waals surface area contributed by atoms with Gasteiger partial charge in [0.25, 0.3) is 5.56 Å². The number of aromatic nitrogens is 3. The minimum absolute atomic E-state index is 0.201. The highest BCUT2D eigenvalue weighted by atomic mass is 16.5. The molecular formula is C10H18N4O3. The summed E-state index contributed by atoms with van der Waals surface area (Å²) in [6, 6.07) is 0. The summed E-state index contributed by atoms with van der Waals surface area (Å²) in [5.74, 6) is 0.201. The van der Waals surface area contributed by atoms with Crippen LogP contribution in [0.1, 0.15) is 12.8 Å². The molecule has 0 amide bonds. The van der Waals surface area contributed by atoms with Crippen LogP contribution in [-0.2, 0) is 18.8 Å². The Bertz CT molecular complexity index is 477. The van der Waals surface area contributed by atoms with E-state index in [4.69, 9.17) is 4.74 Å². The third kappa shape index (κ3) is 3.42. The maximum absolute atomic E-state index is 11.7. The Kier molecular flexibility index (Phi) is 4.89. The van der Waals surface area contributed by atoms with Crippen molar-refractivity contribution in [2.75, 3.05) is 25.6 Å². The van der Waals surface area contributed by atoms with Crippen LogP contribution in [0.2, 0.25) is 0 Å². The van der Waals surface area contributed by atoms with Gasteiger partial charge in [-0.05, 0) is 12.8 Å². The Morgan fingerprint density at radius 1 is 1.29 bits per heavy atom. The Balaban J connectivity index is 2.66. The predicted molar refractivity (Wildman–Crippen MR) is 64.3 cm³/mol. The maximum atomic E-state index is 11.7. The van der Waals surface area contributed by atoms with Crippen molar-refractivity contribution in [2.45, 2.75) is 12.8 Å². The highest BCUT2D eigenvalue weighted by molar-refractivity contribution is 5.29. The van der Waals surface area contributed by atoms with Crippen molar-refractivity contribution >= 4 is 5.82 Å². The number of ether oxygens (including phenoxy) is 1. The zero-order valence-corrected chi connectivity index (χ0v) is 10.4. The minimum atomic E-state index is -0.431. The smallest absolute Gasteiger partial charge is 0.346 e. The van der Waals surface area contributed by atoms with Crippen molar-refractivity contribution in [3.8, 4) is 0 Å². The first-order valence-corrected chi connectivity index (χ1v) is 5.45. The summed E-state index contributed by atoms with van der Waals surface area (Å²) in [6.45, 7) is 1.32. The van der Waals surface area contributed by atoms with E-state index in [1.807, 2.05) is 0 Å². The van der Waals surface area contributed by atoms with Crippen LogP contribution in [0, 0.1) is 0 Å². The monoisotopic (exact) mass is 242 g/mol. The van der Waals surface area contributed by atoms with E-state index in [1.165, 1.54) is 14.1 Å². The Morgan fingerprint density at radius 3 is 2.65 bits per heavy atom. The molecule has 1 N–H and O–H groups in total. The second kappa shape index (κ2) is 6.19. The molecule has 96 valence electrons. The molecule has 0 bridgehead atoms. The van der Waals surface area contributed by atoms with Gasteiger partial charge in [0.1, 0.15) is 0 Å². The number of nitrogens with zero attached hydrogens (tertiary/aromatic N) is 3. The molecule has 1 aromatic heterocycles. The molecule has 17 heavy (non-hydrogen) atoms. The van der Waals surface area contributed by atoms with Crippen LogP contribution in [0.5, 0.6) is 0 Å². The topological polar surface area (TPSA) is 78.2 Å². The van der Waals surface area contributed by atoms with E-state index in [1.54, 1.807) is 7.11 Å². The van der Waals surface area contributed by atoms with Crippen LogP contribution >= 0.6 is 0 Å². The fourth-order valence-corrected chi connectivity index (χ4v) is 1.39. The van der Waals surface area contributed by atoms with Crippen LogP contribution in [0.15, 0.2) is 9.59 Å². The van der Waals surface area contributed by atoms with E-state index >= 15 is 0 Å². The molecule has 0 unspecified atom stereocenters. The molecule has 7 heteroatoms. The second-order valence-corrected chi connectivity index (χ2v) is 3.75. The quantitative estimate of drug-likeness (QED) is 0.669. The Hall–Kier alpha value is -1.63. The van der Waals surface area contributed by atoms with E-state index in [-0.39, 0.29) is 5.82 Å². The number of nitrogens with one attached hydrogen (secondary N) is 1. The second-order valence-electron chi connectivity index (χ2n) is 3.75. The van der Waals surface area contributed by atoms with E-state index < -0.39 is 11.2 Å². The van der Waals surface area contributed by atoms with Gasteiger partial charge in [0.05, 0.1) is 0 Å². The van der Waals surface area contributed by atoms with Gasteiger partial charge < -0.3 is 10.1 Å². The Labute approximate surface area is 99.0 Å². The molecule has 1 aromatic rings. The first kappa shape index (κ1) is 13.4.